The van der Waals surface area contributed by atoms with Crippen LogP contribution in [-0.2, 0) is 22.4 Å². The Morgan fingerprint density at radius 2 is 0.840 bits per heavy atom. The molecule has 0 saturated heterocycles. The number of hydrogen-bond acceptors (Lipinski definition) is 12. The third-order valence-electron chi connectivity index (χ3n) is 11.6. The van der Waals surface area contributed by atoms with Crippen LogP contribution in [0.1, 0.15) is 75.1 Å². The summed E-state index contributed by atoms with van der Waals surface area (Å²) < 4.78 is 96.1. The predicted octanol–water partition coefficient (Wildman–Crippen LogP) is 11.1. The van der Waals surface area contributed by atoms with Gasteiger partial charge in [0.05, 0.1) is 24.3 Å². The van der Waals surface area contributed by atoms with Gasteiger partial charge in [-0.15, -0.1) is 0 Å². The van der Waals surface area contributed by atoms with Crippen LogP contribution >= 0.6 is 0 Å². The molecule has 6 rings (SSSR count). The summed E-state index contributed by atoms with van der Waals surface area (Å²) in [5, 5.41) is 24.4. The summed E-state index contributed by atoms with van der Waals surface area (Å²) in [7, 11) is 0. The number of aliphatic hydroxyl groups is 2. The molecule has 18 heteroatoms. The fraction of sp³-hybridized carbons (Fsp3) is 0.228. The highest BCUT2D eigenvalue weighted by Crippen LogP contribution is 2.43. The molecule has 75 heavy (non-hydrogen) atoms. The topological polar surface area (TPSA) is 198 Å². The first-order valence-corrected chi connectivity index (χ1v) is 23.4. The van der Waals surface area contributed by atoms with Crippen molar-refractivity contribution in [3.05, 3.63) is 191 Å². The number of anilines is 2. The van der Waals surface area contributed by atoms with Gasteiger partial charge in [-0.1, -0.05) is 60.7 Å². The van der Waals surface area contributed by atoms with Gasteiger partial charge in [0.1, 0.15) is 23.0 Å². The molecule has 0 heterocycles. The van der Waals surface area contributed by atoms with Gasteiger partial charge in [0.2, 0.25) is 11.6 Å². The number of carbonyl (C=O) groups excluding carboxylic acids is 4. The summed E-state index contributed by atoms with van der Waals surface area (Å²) in [5.41, 5.74) is 13.1. The summed E-state index contributed by atoms with van der Waals surface area (Å²) in [6.07, 6.45) is -6.93. The summed E-state index contributed by atoms with van der Waals surface area (Å²) >= 11 is 0. The molecule has 0 unspecified atom stereocenters. The van der Waals surface area contributed by atoms with Crippen molar-refractivity contribution in [2.75, 3.05) is 24.7 Å². The van der Waals surface area contributed by atoms with Gasteiger partial charge in [-0.25, -0.2) is 9.59 Å². The number of benzene rings is 6. The number of hydrogen-bond donors (Lipinski definition) is 4. The number of nitrogens with two attached hydrogens (primary N) is 2. The number of ketones is 2. The standard InChI is InChI=1S/C57H52F6N2O10/c58-55(59,60)31-1-33-72-47-26-13-42(14-27-47)52(68)74-49-22-8-38(9-23-49)7-21-46(66)37-54(35-40-3-17-44(64)18-4-40,36-41-5-19-45(65)20-6-41)57(70,71)51(67)30-12-39-10-24-50(25-11-39)75-53(69)43-15-28-48(29-16-43)73-34-2-32-56(61,62)63/h3-30,70-71H,1-2,31-37,64-65H2. The highest BCUT2D eigenvalue weighted by molar-refractivity contribution is 6.01. The molecule has 6 N–H and O–H groups in total. The minimum atomic E-state index is -4.29. The Labute approximate surface area is 427 Å². The van der Waals surface area contributed by atoms with Crippen molar-refractivity contribution in [1.29, 1.82) is 0 Å². The molecule has 0 aromatic heterocycles. The van der Waals surface area contributed by atoms with Crippen LogP contribution in [0.5, 0.6) is 23.0 Å². The Bertz CT molecular complexity index is 2870. The van der Waals surface area contributed by atoms with Crippen molar-refractivity contribution in [2.24, 2.45) is 5.41 Å². The number of nitrogen functional groups attached to an aromatic ring is 2. The van der Waals surface area contributed by atoms with Crippen LogP contribution < -0.4 is 30.4 Å². The van der Waals surface area contributed by atoms with E-state index < -0.39 is 66.3 Å². The van der Waals surface area contributed by atoms with Gasteiger partial charge in [0.25, 0.3) is 0 Å². The van der Waals surface area contributed by atoms with Gasteiger partial charge in [0, 0.05) is 36.1 Å². The summed E-state index contributed by atoms with van der Waals surface area (Å²) in [4.78, 5) is 53.9. The van der Waals surface area contributed by atoms with Crippen molar-refractivity contribution in [3.63, 3.8) is 0 Å². The summed E-state index contributed by atoms with van der Waals surface area (Å²) in [6, 6.07) is 36.4. The molecule has 0 aliphatic rings. The van der Waals surface area contributed by atoms with Crippen molar-refractivity contribution >= 4 is 47.0 Å². The molecular formula is C57H52F6N2O10. The molecule has 0 spiro atoms. The summed E-state index contributed by atoms with van der Waals surface area (Å²) in [6.45, 7) is -0.313. The van der Waals surface area contributed by atoms with E-state index in [0.29, 0.717) is 33.6 Å². The van der Waals surface area contributed by atoms with Crippen LogP contribution in [0.15, 0.2) is 158 Å². The Kier molecular flexibility index (Phi) is 18.8. The molecule has 392 valence electrons. The fourth-order valence-corrected chi connectivity index (χ4v) is 7.67. The predicted molar refractivity (Wildman–Crippen MR) is 269 cm³/mol. The van der Waals surface area contributed by atoms with Crippen LogP contribution in [0.4, 0.5) is 37.7 Å². The van der Waals surface area contributed by atoms with E-state index in [9.17, 15) is 55.7 Å². The normalized spacial score (nSPS) is 12.2. The number of esters is 2. The number of allylic oxidation sites excluding steroid dienone is 1. The highest BCUT2D eigenvalue weighted by atomic mass is 19.4. The van der Waals surface area contributed by atoms with Gasteiger partial charge in [-0.3, -0.25) is 9.59 Å². The van der Waals surface area contributed by atoms with Crippen molar-refractivity contribution in [2.45, 2.75) is 63.1 Å². The number of rotatable bonds is 24. The van der Waals surface area contributed by atoms with E-state index >= 15 is 0 Å². The molecule has 0 amide bonds. The zero-order chi connectivity index (χ0) is 54.2. The van der Waals surface area contributed by atoms with E-state index in [2.05, 4.69) is 0 Å². The Morgan fingerprint density at radius 3 is 1.21 bits per heavy atom. The SMILES string of the molecule is Nc1ccc(CC(CC(=O)C=Cc2ccc(OC(=O)c3ccc(OCCCC(F)(F)F)cc3)cc2)(Cc2ccc(N)cc2)C(O)(O)C(=O)C=Cc2ccc(OC(=O)c3ccc(OCCCC(F)(F)F)cc3)cc2)cc1. The third kappa shape index (κ3) is 17.5. The second-order valence-corrected chi connectivity index (χ2v) is 17.6. The van der Waals surface area contributed by atoms with Crippen molar-refractivity contribution in [1.82, 2.24) is 0 Å². The molecule has 6 aromatic rings. The maximum atomic E-state index is 14.2. The minimum Gasteiger partial charge on any atom is -0.494 e. The van der Waals surface area contributed by atoms with Gasteiger partial charge in [0.15, 0.2) is 5.78 Å². The molecule has 0 bridgehead atoms. The van der Waals surface area contributed by atoms with Gasteiger partial charge in [-0.05, 0) is 157 Å². The van der Waals surface area contributed by atoms with E-state index in [1.54, 1.807) is 60.7 Å². The van der Waals surface area contributed by atoms with E-state index in [-0.39, 0.29) is 73.0 Å². The lowest BCUT2D eigenvalue weighted by Crippen LogP contribution is -2.57. The molecule has 0 atom stereocenters. The van der Waals surface area contributed by atoms with E-state index in [1.165, 1.54) is 103 Å². The Hall–Kier alpha value is -8.22. The van der Waals surface area contributed by atoms with Crippen LogP contribution in [0.2, 0.25) is 0 Å². The van der Waals surface area contributed by atoms with Gasteiger partial charge in [-0.2, -0.15) is 26.3 Å². The van der Waals surface area contributed by atoms with Crippen LogP contribution in [-0.4, -0.2) is 65.1 Å². The zero-order valence-corrected chi connectivity index (χ0v) is 40.1. The first-order valence-electron chi connectivity index (χ1n) is 23.4. The largest absolute Gasteiger partial charge is 0.494 e. The Morgan fingerprint density at radius 1 is 0.480 bits per heavy atom. The first kappa shape index (κ1) is 56.1. The first-order chi connectivity index (χ1) is 35.5. The maximum Gasteiger partial charge on any atom is 0.389 e. The molecule has 12 nitrogen and oxygen atoms in total. The van der Waals surface area contributed by atoms with Gasteiger partial charge < -0.3 is 40.6 Å². The average Bonchev–Trinajstić information content (AvgIpc) is 3.37. The maximum absolute atomic E-state index is 14.2. The van der Waals surface area contributed by atoms with Crippen LogP contribution in [0.25, 0.3) is 12.2 Å². The van der Waals surface area contributed by atoms with Crippen LogP contribution in [0.3, 0.4) is 0 Å². The van der Waals surface area contributed by atoms with Crippen LogP contribution in [0, 0.1) is 5.41 Å². The van der Waals surface area contributed by atoms with E-state index in [1.807, 2.05) is 0 Å². The molecule has 0 aliphatic carbocycles. The Balaban J connectivity index is 1.15. The number of alkyl halides is 6. The van der Waals surface area contributed by atoms with Gasteiger partial charge >= 0.3 is 24.3 Å². The lowest BCUT2D eigenvalue weighted by molar-refractivity contribution is -0.230. The molecule has 0 radical (unpaired) electrons. The third-order valence-corrected chi connectivity index (χ3v) is 11.6. The molecule has 6 aromatic carbocycles. The lowest BCUT2D eigenvalue weighted by Gasteiger charge is -2.42. The van der Waals surface area contributed by atoms with E-state index in [0.717, 1.165) is 6.08 Å². The molecule has 0 fully saturated rings. The molecule has 0 saturated carbocycles. The molecular weight excluding hydrogens is 987 g/mol. The average molecular weight is 1040 g/mol. The zero-order valence-electron chi connectivity index (χ0n) is 40.1. The number of carbonyl (C=O) groups is 4. The van der Waals surface area contributed by atoms with Crippen molar-refractivity contribution < 1.29 is 74.7 Å². The van der Waals surface area contributed by atoms with E-state index in [4.69, 9.17) is 30.4 Å². The number of halogens is 6. The van der Waals surface area contributed by atoms with Crippen molar-refractivity contribution in [3.8, 4) is 23.0 Å². The lowest BCUT2D eigenvalue weighted by atomic mass is 9.65. The quantitative estimate of drug-likeness (QED) is 0.00852. The minimum absolute atomic E-state index is 0.129. The fourth-order valence-electron chi connectivity index (χ4n) is 7.67. The summed E-state index contributed by atoms with van der Waals surface area (Å²) in [5.74, 6) is -5.52. The highest BCUT2D eigenvalue weighted by Gasteiger charge is 2.54. The second kappa shape index (κ2) is 25.1. The number of ether oxygens (including phenoxy) is 4. The molecule has 0 aliphatic heterocycles. The monoisotopic (exact) mass is 1040 g/mol. The second-order valence-electron chi connectivity index (χ2n) is 17.6. The smallest absolute Gasteiger partial charge is 0.389 e.